The molecular formula is C5H5N3. The fourth-order valence-corrected chi connectivity index (χ4v) is 0.324. The predicted molar refractivity (Wildman–Crippen MR) is 31.6 cm³/mol. The molecule has 0 unspecified atom stereocenters. The molecule has 0 aromatic rings. The van der Waals surface area contributed by atoms with Crippen LogP contribution >= 0.6 is 0 Å². The molecule has 0 spiro atoms. The zero-order valence-electron chi connectivity index (χ0n) is 4.23. The molecule has 40 valence electrons. The van der Waals surface area contributed by atoms with Gasteiger partial charge in [0.2, 0.25) is 0 Å². The highest BCUT2D eigenvalue weighted by Crippen LogP contribution is 1.84. The number of rotatable bonds is 0. The maximum Gasteiger partial charge on any atom is 0.137 e. The zero-order chi connectivity index (χ0) is 5.66. The van der Waals surface area contributed by atoms with E-state index in [1.54, 1.807) is 24.6 Å². The minimum Gasteiger partial charge on any atom is -0.243 e. The first-order valence-corrected chi connectivity index (χ1v) is 2.23. The SMILES string of the molecule is C1=CN=CN=NC=C1. The Hall–Kier alpha value is -1.25. The molecule has 3 heteroatoms. The topological polar surface area (TPSA) is 37.1 Å². The molecule has 1 heterocycles. The second-order valence-electron chi connectivity index (χ2n) is 1.18. The van der Waals surface area contributed by atoms with Crippen molar-refractivity contribution in [2.45, 2.75) is 0 Å². The molecule has 0 radical (unpaired) electrons. The fraction of sp³-hybridized carbons (Fsp3) is 0. The summed E-state index contributed by atoms with van der Waals surface area (Å²) in [6.07, 6.45) is 8.19. The van der Waals surface area contributed by atoms with E-state index in [-0.39, 0.29) is 0 Å². The second-order valence-corrected chi connectivity index (χ2v) is 1.18. The summed E-state index contributed by atoms with van der Waals surface area (Å²) in [5.41, 5.74) is 0. The first-order valence-electron chi connectivity index (χ1n) is 2.23. The van der Waals surface area contributed by atoms with Gasteiger partial charge >= 0.3 is 0 Å². The molecule has 8 heavy (non-hydrogen) atoms. The Bertz CT molecular complexity index is 109. The van der Waals surface area contributed by atoms with E-state index >= 15 is 0 Å². The van der Waals surface area contributed by atoms with Crippen molar-refractivity contribution in [2.24, 2.45) is 15.2 Å². The quantitative estimate of drug-likeness (QED) is 0.450. The van der Waals surface area contributed by atoms with Crippen LogP contribution in [0.2, 0.25) is 0 Å². The molecule has 3 nitrogen and oxygen atoms in total. The van der Waals surface area contributed by atoms with E-state index in [0.29, 0.717) is 0 Å². The van der Waals surface area contributed by atoms with Gasteiger partial charge in [0.25, 0.3) is 0 Å². The molecule has 1 aliphatic heterocycles. The molecule has 0 saturated heterocycles. The molecular weight excluding hydrogens is 102 g/mol. The van der Waals surface area contributed by atoms with E-state index in [1.807, 2.05) is 0 Å². The van der Waals surface area contributed by atoms with Crippen molar-refractivity contribution < 1.29 is 0 Å². The van der Waals surface area contributed by atoms with Gasteiger partial charge in [-0.05, 0) is 12.2 Å². The summed E-state index contributed by atoms with van der Waals surface area (Å²) < 4.78 is 0. The molecule has 0 aliphatic carbocycles. The van der Waals surface area contributed by atoms with Crippen molar-refractivity contribution in [2.75, 3.05) is 0 Å². The van der Waals surface area contributed by atoms with E-state index < -0.39 is 0 Å². The van der Waals surface area contributed by atoms with Crippen molar-refractivity contribution in [3.05, 3.63) is 24.6 Å². The van der Waals surface area contributed by atoms with E-state index in [2.05, 4.69) is 15.2 Å². The van der Waals surface area contributed by atoms with E-state index in [9.17, 15) is 0 Å². The van der Waals surface area contributed by atoms with Gasteiger partial charge in [-0.25, -0.2) is 4.99 Å². The van der Waals surface area contributed by atoms with Crippen molar-refractivity contribution >= 4 is 6.34 Å². The fourth-order valence-electron chi connectivity index (χ4n) is 0.324. The highest BCUT2D eigenvalue weighted by molar-refractivity contribution is 5.55. The van der Waals surface area contributed by atoms with Gasteiger partial charge in [0.15, 0.2) is 0 Å². The number of hydrogen-bond donors (Lipinski definition) is 0. The van der Waals surface area contributed by atoms with Crippen LogP contribution in [0.15, 0.2) is 39.8 Å². The van der Waals surface area contributed by atoms with Gasteiger partial charge in [-0.15, -0.1) is 5.11 Å². The first-order chi connectivity index (χ1) is 4.00. The van der Waals surface area contributed by atoms with Crippen LogP contribution in [0.4, 0.5) is 0 Å². The lowest BCUT2D eigenvalue weighted by Gasteiger charge is -1.76. The minimum atomic E-state index is 1.39. The third kappa shape index (κ3) is 1.47. The van der Waals surface area contributed by atoms with Crippen LogP contribution in [-0.4, -0.2) is 6.34 Å². The highest BCUT2D eigenvalue weighted by Gasteiger charge is 1.67. The van der Waals surface area contributed by atoms with Crippen molar-refractivity contribution in [1.82, 2.24) is 0 Å². The third-order valence-corrected chi connectivity index (χ3v) is 0.621. The molecule has 1 rings (SSSR count). The van der Waals surface area contributed by atoms with Crippen LogP contribution in [-0.2, 0) is 0 Å². The van der Waals surface area contributed by atoms with Crippen molar-refractivity contribution in [1.29, 1.82) is 0 Å². The van der Waals surface area contributed by atoms with E-state index in [4.69, 9.17) is 0 Å². The largest absolute Gasteiger partial charge is 0.243 e. The van der Waals surface area contributed by atoms with Crippen molar-refractivity contribution in [3.63, 3.8) is 0 Å². The molecule has 0 amide bonds. The van der Waals surface area contributed by atoms with Gasteiger partial charge in [0.05, 0.1) is 0 Å². The average Bonchev–Trinajstić information content (AvgIpc) is 1.62. The van der Waals surface area contributed by atoms with Crippen LogP contribution < -0.4 is 0 Å². The first kappa shape index (κ1) is 4.90. The highest BCUT2D eigenvalue weighted by atomic mass is 15.1. The lowest BCUT2D eigenvalue weighted by atomic mass is 10.6. The Kier molecular flexibility index (Phi) is 1.74. The second kappa shape index (κ2) is 2.85. The lowest BCUT2D eigenvalue weighted by molar-refractivity contribution is 1.28. The van der Waals surface area contributed by atoms with Crippen LogP contribution in [0.25, 0.3) is 0 Å². The van der Waals surface area contributed by atoms with Gasteiger partial charge in [0.1, 0.15) is 6.34 Å². The summed E-state index contributed by atoms with van der Waals surface area (Å²) in [5.74, 6) is 0. The monoisotopic (exact) mass is 107 g/mol. The Morgan fingerprint density at radius 3 is 2.75 bits per heavy atom. The van der Waals surface area contributed by atoms with Gasteiger partial charge in [0, 0.05) is 12.4 Å². The average molecular weight is 107 g/mol. The molecule has 0 bridgehead atoms. The number of allylic oxidation sites excluding steroid dienone is 2. The Morgan fingerprint density at radius 1 is 0.875 bits per heavy atom. The third-order valence-electron chi connectivity index (χ3n) is 0.621. The maximum absolute atomic E-state index is 3.71. The number of nitrogens with zero attached hydrogens (tertiary/aromatic N) is 3. The van der Waals surface area contributed by atoms with Crippen molar-refractivity contribution in [3.8, 4) is 0 Å². The number of hydrogen-bond acceptors (Lipinski definition) is 3. The smallest absolute Gasteiger partial charge is 0.137 e. The summed E-state index contributed by atoms with van der Waals surface area (Å²) >= 11 is 0. The Morgan fingerprint density at radius 2 is 1.75 bits per heavy atom. The van der Waals surface area contributed by atoms with Gasteiger partial charge < -0.3 is 0 Å². The standard InChI is InChI=1S/C5H5N3/c1-2-4-7-8-5-6-3-1/h1-5H. The molecule has 0 saturated carbocycles. The van der Waals surface area contributed by atoms with Crippen LogP contribution in [0.1, 0.15) is 0 Å². The summed E-state index contributed by atoms with van der Waals surface area (Å²) in [6, 6.07) is 0. The maximum atomic E-state index is 3.71. The van der Waals surface area contributed by atoms with Crippen LogP contribution in [0.5, 0.6) is 0 Å². The molecule has 0 aromatic carbocycles. The molecule has 0 aromatic heterocycles. The van der Waals surface area contributed by atoms with E-state index in [0.717, 1.165) is 0 Å². The van der Waals surface area contributed by atoms with Crippen LogP contribution in [0.3, 0.4) is 0 Å². The van der Waals surface area contributed by atoms with Gasteiger partial charge in [-0.3, -0.25) is 0 Å². The summed E-state index contributed by atoms with van der Waals surface area (Å²) in [4.78, 5) is 3.71. The normalized spacial score (nSPS) is 16.0. The predicted octanol–water partition coefficient (Wildman–Crippen LogP) is 1.51. The molecule has 1 aliphatic rings. The summed E-state index contributed by atoms with van der Waals surface area (Å²) in [7, 11) is 0. The van der Waals surface area contributed by atoms with Gasteiger partial charge in [-0.1, -0.05) is 0 Å². The number of azo groups is 1. The molecule has 0 atom stereocenters. The number of aliphatic imine (C=N–C) groups is 1. The molecule has 0 fully saturated rings. The zero-order valence-corrected chi connectivity index (χ0v) is 4.23. The minimum absolute atomic E-state index is 1.39. The lowest BCUT2D eigenvalue weighted by Crippen LogP contribution is -1.62. The Balaban J connectivity index is 2.67. The van der Waals surface area contributed by atoms with Crippen LogP contribution in [0, 0.1) is 0 Å². The molecule has 0 N–H and O–H groups in total. The summed E-state index contributed by atoms with van der Waals surface area (Å²) in [5, 5.41) is 7.10. The Labute approximate surface area is 47.2 Å². The summed E-state index contributed by atoms with van der Waals surface area (Å²) in [6.45, 7) is 0. The van der Waals surface area contributed by atoms with E-state index in [1.165, 1.54) is 6.34 Å². The van der Waals surface area contributed by atoms with Gasteiger partial charge in [-0.2, -0.15) is 5.11 Å².